The second-order valence-electron chi connectivity index (χ2n) is 8.16. The number of hydrogen-bond donors (Lipinski definition) is 1. The van der Waals surface area contributed by atoms with Crippen LogP contribution in [0.25, 0.3) is 0 Å². The smallest absolute Gasteiger partial charge is 0.278 e. The van der Waals surface area contributed by atoms with E-state index in [0.29, 0.717) is 13.1 Å². The molecule has 4 rings (SSSR count). The Morgan fingerprint density at radius 1 is 1.19 bits per heavy atom. The van der Waals surface area contributed by atoms with Crippen molar-refractivity contribution in [2.45, 2.75) is 51.6 Å². The lowest BCUT2D eigenvalue weighted by molar-refractivity contribution is 0.0573. The average Bonchev–Trinajstić information content (AvgIpc) is 3.01. The number of nitrogens with zero attached hydrogens (tertiary/aromatic N) is 3. The number of aromatic nitrogens is 1. The molecule has 2 aliphatic heterocycles. The quantitative estimate of drug-likeness (QED) is 0.716. The lowest BCUT2D eigenvalue weighted by Gasteiger charge is -2.45. The van der Waals surface area contributed by atoms with Crippen LogP contribution in [0.4, 0.5) is 8.78 Å². The molecule has 2 aromatic rings. The standard InChI is InChI=1S/C23H25F2N3O4/c1-2-26-19-6-4-3-5-11-27(19)28-13-16(21(30)22(31)20(28)23(26)32)18(29)10-8-14-7-9-15(24)12-17(14)25/h7,9,12-13,19,31H,2-6,8,10-11H2,1H3/t19-/m0/s1. The van der Waals surface area contributed by atoms with Crippen molar-refractivity contribution in [1.29, 1.82) is 0 Å². The van der Waals surface area contributed by atoms with Gasteiger partial charge in [-0.2, -0.15) is 0 Å². The summed E-state index contributed by atoms with van der Waals surface area (Å²) in [5, 5.41) is 12.5. The average molecular weight is 445 g/mol. The van der Waals surface area contributed by atoms with Gasteiger partial charge in [-0.15, -0.1) is 0 Å². The van der Waals surface area contributed by atoms with Crippen molar-refractivity contribution in [3.8, 4) is 5.75 Å². The number of carbonyl (C=O) groups excluding carboxylic acids is 2. The Hall–Kier alpha value is -3.23. The highest BCUT2D eigenvalue weighted by molar-refractivity contribution is 6.00. The summed E-state index contributed by atoms with van der Waals surface area (Å²) < 4.78 is 28.5. The highest BCUT2D eigenvalue weighted by atomic mass is 19.1. The van der Waals surface area contributed by atoms with Crippen LogP contribution in [0.5, 0.6) is 5.75 Å². The van der Waals surface area contributed by atoms with E-state index in [1.54, 1.807) is 4.90 Å². The molecule has 170 valence electrons. The Bertz CT molecular complexity index is 1130. The number of pyridine rings is 1. The van der Waals surface area contributed by atoms with Gasteiger partial charge < -0.3 is 10.0 Å². The summed E-state index contributed by atoms with van der Waals surface area (Å²) in [5.41, 5.74) is -1.16. The number of amides is 1. The van der Waals surface area contributed by atoms with Gasteiger partial charge >= 0.3 is 0 Å². The predicted molar refractivity (Wildman–Crippen MR) is 113 cm³/mol. The van der Waals surface area contributed by atoms with Crippen LogP contribution in [0.1, 0.15) is 65.4 Å². The monoisotopic (exact) mass is 445 g/mol. The summed E-state index contributed by atoms with van der Waals surface area (Å²) in [6, 6.07) is 3.10. The number of benzene rings is 1. The molecule has 3 heterocycles. The molecule has 0 unspecified atom stereocenters. The number of hydrogen-bond acceptors (Lipinski definition) is 5. The maximum Gasteiger partial charge on any atom is 0.278 e. The van der Waals surface area contributed by atoms with Gasteiger partial charge in [-0.1, -0.05) is 12.5 Å². The number of halogens is 2. The van der Waals surface area contributed by atoms with E-state index >= 15 is 0 Å². The summed E-state index contributed by atoms with van der Waals surface area (Å²) in [6.45, 7) is 2.88. The molecular formula is C23H25F2N3O4. The molecule has 1 saturated heterocycles. The lowest BCUT2D eigenvalue weighted by atomic mass is 10.0. The zero-order valence-corrected chi connectivity index (χ0v) is 17.8. The van der Waals surface area contributed by atoms with E-state index in [-0.39, 0.29) is 35.8 Å². The third-order valence-electron chi connectivity index (χ3n) is 6.24. The van der Waals surface area contributed by atoms with Crippen LogP contribution in [-0.4, -0.2) is 45.6 Å². The first-order chi connectivity index (χ1) is 15.3. The molecule has 1 fully saturated rings. The lowest BCUT2D eigenvalue weighted by Crippen LogP contribution is -2.61. The molecule has 0 bridgehead atoms. The number of fused-ring (bicyclic) bond motifs is 3. The molecule has 0 radical (unpaired) electrons. The maximum absolute atomic E-state index is 13.9. The zero-order chi connectivity index (χ0) is 23.0. The highest BCUT2D eigenvalue weighted by Crippen LogP contribution is 2.29. The molecule has 2 aliphatic rings. The molecular weight excluding hydrogens is 420 g/mol. The van der Waals surface area contributed by atoms with Gasteiger partial charge in [0, 0.05) is 31.8 Å². The molecule has 0 saturated carbocycles. The summed E-state index contributed by atoms with van der Waals surface area (Å²) in [6.07, 6.45) is 4.44. The van der Waals surface area contributed by atoms with Crippen molar-refractivity contribution in [2.24, 2.45) is 0 Å². The van der Waals surface area contributed by atoms with Crippen LogP contribution in [0.2, 0.25) is 0 Å². The van der Waals surface area contributed by atoms with Crippen molar-refractivity contribution >= 4 is 11.7 Å². The molecule has 1 atom stereocenters. The van der Waals surface area contributed by atoms with Gasteiger partial charge in [0.25, 0.3) is 5.91 Å². The summed E-state index contributed by atoms with van der Waals surface area (Å²) in [7, 11) is 0. The fourth-order valence-corrected chi connectivity index (χ4v) is 4.57. The number of aryl methyl sites for hydroxylation is 1. The van der Waals surface area contributed by atoms with E-state index in [2.05, 4.69) is 0 Å². The second-order valence-corrected chi connectivity index (χ2v) is 8.16. The van der Waals surface area contributed by atoms with Crippen LogP contribution < -0.4 is 10.4 Å². The first kappa shape index (κ1) is 22.0. The van der Waals surface area contributed by atoms with Crippen molar-refractivity contribution in [2.75, 3.05) is 18.1 Å². The third-order valence-corrected chi connectivity index (χ3v) is 6.24. The van der Waals surface area contributed by atoms with Crippen molar-refractivity contribution < 1.29 is 23.5 Å². The van der Waals surface area contributed by atoms with E-state index in [0.717, 1.165) is 37.8 Å². The molecule has 9 heteroatoms. The summed E-state index contributed by atoms with van der Waals surface area (Å²) in [5.74, 6) is -3.26. The minimum absolute atomic E-state index is 0.0260. The first-order valence-electron chi connectivity index (χ1n) is 10.9. The van der Waals surface area contributed by atoms with E-state index in [1.807, 2.05) is 11.9 Å². The SMILES string of the molecule is CCN1C(=O)c2c(O)c(=O)c(C(=O)CCc3ccc(F)cc3F)cn2N2CCCCC[C@@H]12. The van der Waals surface area contributed by atoms with Gasteiger partial charge in [0.2, 0.25) is 5.43 Å². The van der Waals surface area contributed by atoms with Crippen LogP contribution in [0.3, 0.4) is 0 Å². The molecule has 7 nitrogen and oxygen atoms in total. The maximum atomic E-state index is 13.9. The number of rotatable bonds is 5. The minimum Gasteiger partial charge on any atom is -0.502 e. The van der Waals surface area contributed by atoms with Crippen molar-refractivity contribution in [3.05, 3.63) is 63.1 Å². The molecule has 1 amide bonds. The molecule has 1 aromatic heterocycles. The second kappa shape index (κ2) is 8.72. The predicted octanol–water partition coefficient (Wildman–Crippen LogP) is 2.96. The minimum atomic E-state index is -0.918. The molecule has 0 spiro atoms. The Kier molecular flexibility index (Phi) is 5.99. The van der Waals surface area contributed by atoms with Gasteiger partial charge in [-0.25, -0.2) is 8.78 Å². The largest absolute Gasteiger partial charge is 0.502 e. The van der Waals surface area contributed by atoms with Crippen LogP contribution in [-0.2, 0) is 6.42 Å². The van der Waals surface area contributed by atoms with E-state index in [9.17, 15) is 28.3 Å². The van der Waals surface area contributed by atoms with Crippen LogP contribution >= 0.6 is 0 Å². The molecule has 1 N–H and O–H groups in total. The fourth-order valence-electron chi connectivity index (χ4n) is 4.57. The fraction of sp³-hybridized carbons (Fsp3) is 0.435. The zero-order valence-electron chi connectivity index (χ0n) is 17.8. The van der Waals surface area contributed by atoms with Crippen molar-refractivity contribution in [3.63, 3.8) is 0 Å². The number of ketones is 1. The summed E-state index contributed by atoms with van der Waals surface area (Å²) in [4.78, 5) is 40.3. The van der Waals surface area contributed by atoms with Gasteiger partial charge in [0.1, 0.15) is 17.8 Å². The Balaban J connectivity index is 1.70. The number of carbonyl (C=O) groups is 2. The molecule has 32 heavy (non-hydrogen) atoms. The topological polar surface area (TPSA) is 82.9 Å². The van der Waals surface area contributed by atoms with Crippen LogP contribution in [0, 0.1) is 11.6 Å². The number of aromatic hydroxyl groups is 1. The third kappa shape index (κ3) is 3.76. The van der Waals surface area contributed by atoms with Gasteiger partial charge in [-0.05, 0) is 44.2 Å². The number of Topliss-reactive ketones (excluding diaryl/α,β-unsaturated/α-hetero) is 1. The van der Waals surface area contributed by atoms with Gasteiger partial charge in [0.05, 0.1) is 5.56 Å². The van der Waals surface area contributed by atoms with E-state index < -0.39 is 34.5 Å². The van der Waals surface area contributed by atoms with Crippen molar-refractivity contribution in [1.82, 2.24) is 9.58 Å². The Morgan fingerprint density at radius 3 is 2.69 bits per heavy atom. The van der Waals surface area contributed by atoms with E-state index in [4.69, 9.17) is 0 Å². The van der Waals surface area contributed by atoms with Gasteiger partial charge in [-0.3, -0.25) is 24.1 Å². The van der Waals surface area contributed by atoms with Gasteiger partial charge in [0.15, 0.2) is 17.2 Å². The normalized spacial score (nSPS) is 18.2. The van der Waals surface area contributed by atoms with Crippen LogP contribution in [0.15, 0.2) is 29.2 Å². The Labute approximate surface area is 183 Å². The summed E-state index contributed by atoms with van der Waals surface area (Å²) >= 11 is 0. The first-order valence-corrected chi connectivity index (χ1v) is 10.9. The highest BCUT2D eigenvalue weighted by Gasteiger charge is 2.40. The Morgan fingerprint density at radius 2 is 1.97 bits per heavy atom. The molecule has 1 aromatic carbocycles. The van der Waals surface area contributed by atoms with E-state index in [1.165, 1.54) is 16.9 Å². The molecule has 0 aliphatic carbocycles.